The van der Waals surface area contributed by atoms with Crippen LogP contribution >= 0.6 is 11.6 Å². The molecule has 2 nitrogen and oxygen atoms in total. The molecule has 0 amide bonds. The highest BCUT2D eigenvalue weighted by Crippen LogP contribution is 2.35. The Labute approximate surface area is 97.3 Å². The standard InChI is InChI=1S/C12H21ClO2/c1-12(2,3)11(14)9-6-5-8(15-4)7-10(9)13/h8-10H,5-7H2,1-4H3. The minimum Gasteiger partial charge on any atom is -0.381 e. The first-order valence-electron chi connectivity index (χ1n) is 5.57. The molecule has 3 heteroatoms. The van der Waals surface area contributed by atoms with Crippen molar-refractivity contribution in [2.75, 3.05) is 7.11 Å². The van der Waals surface area contributed by atoms with Gasteiger partial charge in [-0.2, -0.15) is 0 Å². The number of methoxy groups -OCH3 is 1. The zero-order valence-corrected chi connectivity index (χ0v) is 10.8. The third-order valence-corrected chi connectivity index (χ3v) is 3.62. The van der Waals surface area contributed by atoms with Crippen molar-refractivity contribution in [3.05, 3.63) is 0 Å². The number of rotatable bonds is 2. The predicted octanol–water partition coefficient (Wildman–Crippen LogP) is 3.02. The van der Waals surface area contributed by atoms with Crippen molar-refractivity contribution in [2.24, 2.45) is 11.3 Å². The van der Waals surface area contributed by atoms with Crippen molar-refractivity contribution in [3.63, 3.8) is 0 Å². The van der Waals surface area contributed by atoms with Gasteiger partial charge in [0.15, 0.2) is 0 Å². The monoisotopic (exact) mass is 232 g/mol. The average Bonchev–Trinajstić information content (AvgIpc) is 2.15. The number of Topliss-reactive ketones (excluding diaryl/α,β-unsaturated/α-hetero) is 1. The van der Waals surface area contributed by atoms with Crippen LogP contribution < -0.4 is 0 Å². The lowest BCUT2D eigenvalue weighted by Crippen LogP contribution is -2.39. The van der Waals surface area contributed by atoms with E-state index in [0.717, 1.165) is 19.3 Å². The molecule has 0 aliphatic heterocycles. The largest absolute Gasteiger partial charge is 0.381 e. The van der Waals surface area contributed by atoms with Gasteiger partial charge in [0.2, 0.25) is 0 Å². The Morgan fingerprint density at radius 1 is 1.33 bits per heavy atom. The van der Waals surface area contributed by atoms with Gasteiger partial charge in [0, 0.05) is 23.8 Å². The summed E-state index contributed by atoms with van der Waals surface area (Å²) in [5.41, 5.74) is -0.280. The van der Waals surface area contributed by atoms with Crippen molar-refractivity contribution in [3.8, 4) is 0 Å². The fourth-order valence-electron chi connectivity index (χ4n) is 2.15. The van der Waals surface area contributed by atoms with Crippen molar-refractivity contribution in [1.82, 2.24) is 0 Å². The van der Waals surface area contributed by atoms with Gasteiger partial charge in [-0.15, -0.1) is 11.6 Å². The number of carbonyl (C=O) groups is 1. The molecular formula is C12H21ClO2. The van der Waals surface area contributed by atoms with E-state index in [0.29, 0.717) is 0 Å². The molecule has 0 spiro atoms. The molecule has 1 fully saturated rings. The number of hydrogen-bond donors (Lipinski definition) is 0. The van der Waals surface area contributed by atoms with Gasteiger partial charge in [-0.05, 0) is 19.3 Å². The Kier molecular flexibility index (Phi) is 4.19. The van der Waals surface area contributed by atoms with Gasteiger partial charge in [-0.25, -0.2) is 0 Å². The number of hydrogen-bond acceptors (Lipinski definition) is 2. The van der Waals surface area contributed by atoms with E-state index in [1.807, 2.05) is 20.8 Å². The van der Waals surface area contributed by atoms with Crippen molar-refractivity contribution in [1.29, 1.82) is 0 Å². The Balaban J connectivity index is 2.62. The van der Waals surface area contributed by atoms with Crippen molar-refractivity contribution < 1.29 is 9.53 Å². The summed E-state index contributed by atoms with van der Waals surface area (Å²) in [5.74, 6) is 0.301. The predicted molar refractivity (Wildman–Crippen MR) is 62.2 cm³/mol. The molecule has 0 N–H and O–H groups in total. The second kappa shape index (κ2) is 4.84. The molecule has 0 aromatic heterocycles. The van der Waals surface area contributed by atoms with Crippen LogP contribution in [0.2, 0.25) is 0 Å². The SMILES string of the molecule is COC1CCC(C(=O)C(C)(C)C)C(Cl)C1. The van der Waals surface area contributed by atoms with Gasteiger partial charge in [0.1, 0.15) is 5.78 Å². The highest BCUT2D eigenvalue weighted by Gasteiger charge is 2.38. The highest BCUT2D eigenvalue weighted by molar-refractivity contribution is 6.22. The number of halogens is 1. The van der Waals surface area contributed by atoms with E-state index in [1.54, 1.807) is 7.11 Å². The lowest BCUT2D eigenvalue weighted by molar-refractivity contribution is -0.132. The third-order valence-electron chi connectivity index (χ3n) is 3.13. The van der Waals surface area contributed by atoms with Crippen LogP contribution in [-0.2, 0) is 9.53 Å². The van der Waals surface area contributed by atoms with Crippen LogP contribution in [0, 0.1) is 11.3 Å². The second-order valence-corrected chi connectivity index (χ2v) is 5.97. The van der Waals surface area contributed by atoms with E-state index in [1.165, 1.54) is 0 Å². The van der Waals surface area contributed by atoms with Crippen LogP contribution in [-0.4, -0.2) is 24.4 Å². The lowest BCUT2D eigenvalue weighted by atomic mass is 9.75. The van der Waals surface area contributed by atoms with Gasteiger partial charge in [-0.3, -0.25) is 4.79 Å². The zero-order chi connectivity index (χ0) is 11.6. The van der Waals surface area contributed by atoms with Gasteiger partial charge < -0.3 is 4.74 Å². The molecule has 0 heterocycles. The Bertz CT molecular complexity index is 232. The molecule has 1 aliphatic rings. The molecule has 1 rings (SSSR count). The van der Waals surface area contributed by atoms with Crippen LogP contribution in [0.5, 0.6) is 0 Å². The average molecular weight is 233 g/mol. The highest BCUT2D eigenvalue weighted by atomic mass is 35.5. The first-order valence-corrected chi connectivity index (χ1v) is 6.01. The molecule has 0 aromatic carbocycles. The van der Waals surface area contributed by atoms with Crippen LogP contribution in [0.25, 0.3) is 0 Å². The minimum absolute atomic E-state index is 0.0121. The van der Waals surface area contributed by atoms with E-state index in [2.05, 4.69) is 0 Å². The molecule has 88 valence electrons. The van der Waals surface area contributed by atoms with Gasteiger partial charge in [0.05, 0.1) is 6.10 Å². The minimum atomic E-state index is -0.280. The molecule has 0 saturated heterocycles. The fraction of sp³-hybridized carbons (Fsp3) is 0.917. The van der Waals surface area contributed by atoms with Gasteiger partial charge >= 0.3 is 0 Å². The summed E-state index contributed by atoms with van der Waals surface area (Å²) in [5, 5.41) is -0.0598. The lowest BCUT2D eigenvalue weighted by Gasteiger charge is -2.34. The summed E-state index contributed by atoms with van der Waals surface area (Å²) in [4.78, 5) is 12.1. The molecule has 0 bridgehead atoms. The summed E-state index contributed by atoms with van der Waals surface area (Å²) in [6.45, 7) is 5.88. The molecule has 1 saturated carbocycles. The number of ketones is 1. The normalized spacial score (nSPS) is 32.7. The van der Waals surface area contributed by atoms with E-state index in [9.17, 15) is 4.79 Å². The topological polar surface area (TPSA) is 26.3 Å². The molecule has 0 radical (unpaired) electrons. The quantitative estimate of drug-likeness (QED) is 0.685. The molecule has 0 aromatic rings. The number of carbonyl (C=O) groups excluding carboxylic acids is 1. The van der Waals surface area contributed by atoms with Crippen molar-refractivity contribution in [2.45, 2.75) is 51.5 Å². The summed E-state index contributed by atoms with van der Waals surface area (Å²) in [6.07, 6.45) is 2.84. The number of alkyl halides is 1. The van der Waals surface area contributed by atoms with E-state index in [4.69, 9.17) is 16.3 Å². The van der Waals surface area contributed by atoms with E-state index >= 15 is 0 Å². The first-order chi connectivity index (χ1) is 6.86. The third kappa shape index (κ3) is 3.18. The zero-order valence-electron chi connectivity index (χ0n) is 10.0. The summed E-state index contributed by atoms with van der Waals surface area (Å²) >= 11 is 6.26. The van der Waals surface area contributed by atoms with Crippen LogP contribution in [0.1, 0.15) is 40.0 Å². The molecule has 15 heavy (non-hydrogen) atoms. The Morgan fingerprint density at radius 3 is 2.33 bits per heavy atom. The van der Waals surface area contributed by atoms with Crippen molar-refractivity contribution >= 4 is 17.4 Å². The van der Waals surface area contributed by atoms with Crippen LogP contribution in [0.15, 0.2) is 0 Å². The van der Waals surface area contributed by atoms with Gasteiger partial charge in [0.25, 0.3) is 0 Å². The van der Waals surface area contributed by atoms with Crippen LogP contribution in [0.3, 0.4) is 0 Å². The number of ether oxygens (including phenoxy) is 1. The Hall–Kier alpha value is -0.0800. The fourth-order valence-corrected chi connectivity index (χ4v) is 2.58. The molecule has 3 atom stereocenters. The van der Waals surface area contributed by atoms with E-state index in [-0.39, 0.29) is 28.6 Å². The van der Waals surface area contributed by atoms with E-state index < -0.39 is 0 Å². The maximum absolute atomic E-state index is 12.1. The Morgan fingerprint density at radius 2 is 1.93 bits per heavy atom. The maximum Gasteiger partial charge on any atom is 0.142 e. The second-order valence-electron chi connectivity index (χ2n) is 5.41. The maximum atomic E-state index is 12.1. The molecule has 1 aliphatic carbocycles. The molecule has 3 unspecified atom stereocenters. The smallest absolute Gasteiger partial charge is 0.142 e. The van der Waals surface area contributed by atoms with Crippen LogP contribution in [0.4, 0.5) is 0 Å². The summed E-state index contributed by atoms with van der Waals surface area (Å²) < 4.78 is 5.28. The molecular weight excluding hydrogens is 212 g/mol. The summed E-state index contributed by atoms with van der Waals surface area (Å²) in [6, 6.07) is 0. The first kappa shape index (κ1) is 13.0. The van der Waals surface area contributed by atoms with Gasteiger partial charge in [-0.1, -0.05) is 20.8 Å². The summed E-state index contributed by atoms with van der Waals surface area (Å²) in [7, 11) is 1.71.